The molecule has 0 aromatic heterocycles. The average Bonchev–Trinajstić information content (AvgIpc) is 2.84. The Morgan fingerprint density at radius 3 is 2.00 bits per heavy atom. The van der Waals surface area contributed by atoms with Gasteiger partial charge in [-0.3, -0.25) is 9.59 Å². The summed E-state index contributed by atoms with van der Waals surface area (Å²) < 4.78 is 0. The summed E-state index contributed by atoms with van der Waals surface area (Å²) in [6, 6.07) is 0. The monoisotopic (exact) mass is 213 g/mol. The molecule has 0 saturated heterocycles. The molecule has 2 N–H and O–H groups in total. The van der Waals surface area contributed by atoms with Crippen LogP contribution in [0.4, 0.5) is 0 Å². The lowest BCUT2D eigenvalue weighted by atomic mass is 9.74. The van der Waals surface area contributed by atoms with E-state index in [4.69, 9.17) is 5.11 Å². The molecule has 4 nitrogen and oxygen atoms in total. The molecule has 0 heterocycles. The summed E-state index contributed by atoms with van der Waals surface area (Å²) in [6.45, 7) is 6.76. The van der Waals surface area contributed by atoms with Crippen molar-refractivity contribution >= 4 is 11.9 Å². The predicted molar refractivity (Wildman–Crippen MR) is 56.4 cm³/mol. The second-order valence-electron chi connectivity index (χ2n) is 5.32. The number of hydrogen-bond acceptors (Lipinski definition) is 2. The van der Waals surface area contributed by atoms with Gasteiger partial charge in [0.15, 0.2) is 0 Å². The molecule has 1 aliphatic carbocycles. The zero-order chi connectivity index (χ0) is 11.9. The van der Waals surface area contributed by atoms with Crippen LogP contribution in [0.2, 0.25) is 0 Å². The second-order valence-corrected chi connectivity index (χ2v) is 5.32. The summed E-state index contributed by atoms with van der Waals surface area (Å²) in [4.78, 5) is 22.7. The van der Waals surface area contributed by atoms with Crippen LogP contribution in [0.3, 0.4) is 0 Å². The van der Waals surface area contributed by atoms with Crippen LogP contribution in [0.1, 0.15) is 40.5 Å². The third-order valence-corrected chi connectivity index (χ3v) is 3.48. The summed E-state index contributed by atoms with van der Waals surface area (Å²) in [6.07, 6.45) is 1.85. The normalized spacial score (nSPS) is 17.3. The van der Waals surface area contributed by atoms with Gasteiger partial charge in [-0.05, 0) is 40.5 Å². The summed E-state index contributed by atoms with van der Waals surface area (Å²) >= 11 is 0. The molecule has 0 radical (unpaired) electrons. The van der Waals surface area contributed by atoms with Crippen molar-refractivity contribution in [2.24, 2.45) is 11.3 Å². The van der Waals surface area contributed by atoms with E-state index in [0.29, 0.717) is 0 Å². The van der Waals surface area contributed by atoms with E-state index < -0.39 is 16.9 Å². The first-order valence-electron chi connectivity index (χ1n) is 5.24. The van der Waals surface area contributed by atoms with Gasteiger partial charge < -0.3 is 10.4 Å². The van der Waals surface area contributed by atoms with Crippen LogP contribution in [-0.2, 0) is 9.59 Å². The van der Waals surface area contributed by atoms with Gasteiger partial charge in [-0.2, -0.15) is 0 Å². The first kappa shape index (κ1) is 12.0. The van der Waals surface area contributed by atoms with Crippen LogP contribution >= 0.6 is 0 Å². The van der Waals surface area contributed by atoms with Crippen molar-refractivity contribution in [3.05, 3.63) is 0 Å². The van der Waals surface area contributed by atoms with Crippen molar-refractivity contribution in [2.45, 2.75) is 46.1 Å². The minimum atomic E-state index is -0.975. The molecule has 1 fully saturated rings. The third kappa shape index (κ3) is 2.30. The Balaban J connectivity index is 2.72. The van der Waals surface area contributed by atoms with E-state index in [1.165, 1.54) is 0 Å². The Morgan fingerprint density at radius 1 is 1.20 bits per heavy atom. The maximum absolute atomic E-state index is 11.6. The molecular formula is C11H19NO3. The molecule has 0 bridgehead atoms. The van der Waals surface area contributed by atoms with Crippen LogP contribution < -0.4 is 5.32 Å². The number of carbonyl (C=O) groups is 2. The predicted octanol–water partition coefficient (Wildman–Crippen LogP) is 1.40. The molecule has 0 atom stereocenters. The summed E-state index contributed by atoms with van der Waals surface area (Å²) in [5.41, 5.74) is -1.71. The van der Waals surface area contributed by atoms with Crippen molar-refractivity contribution < 1.29 is 14.7 Å². The number of rotatable bonds is 4. The fourth-order valence-electron chi connectivity index (χ4n) is 1.18. The van der Waals surface area contributed by atoms with Crippen molar-refractivity contribution in [1.29, 1.82) is 0 Å². The highest BCUT2D eigenvalue weighted by Gasteiger charge is 2.46. The van der Waals surface area contributed by atoms with Gasteiger partial charge in [0, 0.05) is 11.5 Å². The molecule has 4 heteroatoms. The van der Waals surface area contributed by atoms with E-state index in [0.717, 1.165) is 12.8 Å². The smallest absolute Gasteiger partial charge is 0.311 e. The van der Waals surface area contributed by atoms with Gasteiger partial charge >= 0.3 is 5.97 Å². The van der Waals surface area contributed by atoms with Gasteiger partial charge in [0.2, 0.25) is 5.91 Å². The van der Waals surface area contributed by atoms with Gasteiger partial charge in [0.1, 0.15) is 0 Å². The quantitative estimate of drug-likeness (QED) is 0.741. The molecule has 1 amide bonds. The van der Waals surface area contributed by atoms with E-state index in [1.807, 2.05) is 0 Å². The largest absolute Gasteiger partial charge is 0.481 e. The molecule has 1 saturated carbocycles. The lowest BCUT2D eigenvalue weighted by Gasteiger charge is -2.38. The van der Waals surface area contributed by atoms with Gasteiger partial charge in [0.05, 0.1) is 5.41 Å². The molecule has 0 aromatic carbocycles. The second kappa shape index (κ2) is 3.51. The number of carbonyl (C=O) groups excluding carboxylic acids is 1. The average molecular weight is 213 g/mol. The maximum Gasteiger partial charge on any atom is 0.311 e. The van der Waals surface area contributed by atoms with Crippen molar-refractivity contribution in [3.8, 4) is 0 Å². The zero-order valence-electron chi connectivity index (χ0n) is 9.76. The molecule has 0 aromatic rings. The van der Waals surface area contributed by atoms with Crippen LogP contribution in [-0.4, -0.2) is 22.5 Å². The van der Waals surface area contributed by atoms with Crippen molar-refractivity contribution in [3.63, 3.8) is 0 Å². The standard InChI is InChI=1S/C11H19NO3/c1-10(2,9(14)15)11(3,4)12-8(13)7-5-6-7/h7H,5-6H2,1-4H3,(H,12,13)(H,14,15). The van der Waals surface area contributed by atoms with Crippen LogP contribution in [0, 0.1) is 11.3 Å². The topological polar surface area (TPSA) is 66.4 Å². The molecule has 1 aliphatic rings. The van der Waals surface area contributed by atoms with E-state index in [1.54, 1.807) is 27.7 Å². The Hall–Kier alpha value is -1.06. The fraction of sp³-hybridized carbons (Fsp3) is 0.818. The van der Waals surface area contributed by atoms with Gasteiger partial charge in [-0.15, -0.1) is 0 Å². The van der Waals surface area contributed by atoms with Crippen LogP contribution in [0.25, 0.3) is 0 Å². The van der Waals surface area contributed by atoms with Crippen LogP contribution in [0.5, 0.6) is 0 Å². The molecule has 0 aliphatic heterocycles. The fourth-order valence-corrected chi connectivity index (χ4v) is 1.18. The Bertz CT molecular complexity index is 290. The zero-order valence-corrected chi connectivity index (χ0v) is 9.76. The minimum Gasteiger partial charge on any atom is -0.481 e. The summed E-state index contributed by atoms with van der Waals surface area (Å²) in [5.74, 6) is -0.813. The maximum atomic E-state index is 11.6. The molecule has 0 unspecified atom stereocenters. The highest BCUT2D eigenvalue weighted by molar-refractivity contribution is 5.83. The van der Waals surface area contributed by atoms with Crippen molar-refractivity contribution in [1.82, 2.24) is 5.32 Å². The first-order chi connectivity index (χ1) is 6.68. The minimum absolute atomic E-state index is 0.0191. The van der Waals surface area contributed by atoms with Gasteiger partial charge in [-0.1, -0.05) is 0 Å². The SMILES string of the molecule is CC(C)(NC(=O)C1CC1)C(C)(C)C(=O)O. The van der Waals surface area contributed by atoms with Gasteiger partial charge in [-0.25, -0.2) is 0 Å². The molecular weight excluding hydrogens is 194 g/mol. The molecule has 1 rings (SSSR count). The summed E-state index contributed by atoms with van der Waals surface area (Å²) in [7, 11) is 0. The van der Waals surface area contributed by atoms with Crippen molar-refractivity contribution in [2.75, 3.05) is 0 Å². The molecule has 15 heavy (non-hydrogen) atoms. The Labute approximate surface area is 90.0 Å². The molecule has 86 valence electrons. The Kier molecular flexibility index (Phi) is 2.81. The first-order valence-corrected chi connectivity index (χ1v) is 5.24. The lowest BCUT2D eigenvalue weighted by Crippen LogP contribution is -2.57. The molecule has 0 spiro atoms. The summed E-state index contributed by atoms with van der Waals surface area (Å²) in [5, 5.41) is 11.9. The third-order valence-electron chi connectivity index (χ3n) is 3.48. The highest BCUT2D eigenvalue weighted by atomic mass is 16.4. The number of carboxylic acid groups (broad SMARTS) is 1. The number of nitrogens with one attached hydrogen (secondary N) is 1. The van der Waals surface area contributed by atoms with E-state index >= 15 is 0 Å². The van der Waals surface area contributed by atoms with Gasteiger partial charge in [0.25, 0.3) is 0 Å². The van der Waals surface area contributed by atoms with E-state index in [9.17, 15) is 9.59 Å². The van der Waals surface area contributed by atoms with E-state index in [2.05, 4.69) is 5.32 Å². The Morgan fingerprint density at radius 2 is 1.67 bits per heavy atom. The van der Waals surface area contributed by atoms with Crippen LogP contribution in [0.15, 0.2) is 0 Å². The lowest BCUT2D eigenvalue weighted by molar-refractivity contribution is -0.151. The number of amides is 1. The number of hydrogen-bond donors (Lipinski definition) is 2. The number of carboxylic acids is 1. The van der Waals surface area contributed by atoms with E-state index in [-0.39, 0.29) is 11.8 Å². The highest BCUT2D eigenvalue weighted by Crippen LogP contribution is 2.34. The number of aliphatic carboxylic acids is 1.